The summed E-state index contributed by atoms with van der Waals surface area (Å²) in [5, 5.41) is 20.0. The number of benzene rings is 8. The van der Waals surface area contributed by atoms with Gasteiger partial charge in [0.15, 0.2) is 24.9 Å². The first-order chi connectivity index (χ1) is 49.4. The molecule has 0 bridgehead atoms. The van der Waals surface area contributed by atoms with Gasteiger partial charge in [0, 0.05) is 4.91 Å². The third-order valence-electron chi connectivity index (χ3n) is 16.8. The standard InChI is InChI=1S/C77H79Cl3N4O17/c78-77(79,80)51-95-76(87)82-63-68(99-73(86)59-39-23-8-24-40-59)67(62(96-72(63)83-84-81)50-90-43-54-29-13-3-14-30-54)100-75-71(70(94-47-58-37-21-7-22-38-58)66(92-45-56-33-17-5-18-34-56)61(98-75)49-89-42-53-27-11-2-12-28-53)101-74-64(85)69(93-46-57-35-19-6-20-36-57)65(91-44-55-31-15-4-16-32-55)60(97-74)48-88-41-52-25-9-1-10-26-52/h1-40,60-72,74-75,85H,41-51H2,(H,82,87)/t60-,61-,62-,63-,64+,65-,66-,67+,68-,69-,70+,71+,72-,74-,75-/m1/s1. The summed E-state index contributed by atoms with van der Waals surface area (Å²) in [6.45, 7) is -0.834. The zero-order valence-electron chi connectivity index (χ0n) is 55.0. The molecule has 1 amide bonds. The van der Waals surface area contributed by atoms with Crippen LogP contribution >= 0.6 is 34.8 Å². The average molecular weight is 1440 g/mol. The van der Waals surface area contributed by atoms with Crippen LogP contribution in [0.2, 0.25) is 0 Å². The van der Waals surface area contributed by atoms with Gasteiger partial charge in [-0.3, -0.25) is 0 Å². The highest BCUT2D eigenvalue weighted by Crippen LogP contribution is 2.39. The number of amides is 1. The Hall–Kier alpha value is -7.84. The molecule has 3 heterocycles. The summed E-state index contributed by atoms with van der Waals surface area (Å²) >= 11 is 18.3. The average Bonchev–Trinajstić information content (AvgIpc) is 0.764. The summed E-state index contributed by atoms with van der Waals surface area (Å²) in [4.78, 5) is 32.0. The largest absolute Gasteiger partial charge is 0.454 e. The van der Waals surface area contributed by atoms with Crippen LogP contribution in [-0.2, 0) is 113 Å². The quantitative estimate of drug-likeness (QED) is 0.0128. The van der Waals surface area contributed by atoms with Crippen molar-refractivity contribution in [2.75, 3.05) is 26.4 Å². The first kappa shape index (κ1) is 74.4. The van der Waals surface area contributed by atoms with Gasteiger partial charge in [0.1, 0.15) is 73.7 Å². The molecule has 3 aliphatic heterocycles. The van der Waals surface area contributed by atoms with Crippen molar-refractivity contribution in [3.05, 3.63) is 298 Å². The Balaban J connectivity index is 1.05. The first-order valence-corrected chi connectivity index (χ1v) is 34.3. The van der Waals surface area contributed by atoms with Gasteiger partial charge in [-0.05, 0) is 56.6 Å². The predicted molar refractivity (Wildman–Crippen MR) is 373 cm³/mol. The Morgan fingerprint density at radius 2 is 0.782 bits per heavy atom. The smallest absolute Gasteiger partial charge is 0.407 e. The van der Waals surface area contributed by atoms with Crippen LogP contribution in [0.4, 0.5) is 4.79 Å². The van der Waals surface area contributed by atoms with E-state index >= 15 is 0 Å². The third kappa shape index (κ3) is 22.3. The maximum atomic E-state index is 14.8. The summed E-state index contributed by atoms with van der Waals surface area (Å²) in [6, 6.07) is 73.0. The number of nitrogens with zero attached hydrogens (tertiary/aromatic N) is 3. The van der Waals surface area contributed by atoms with E-state index in [0.717, 1.165) is 38.9 Å². The second kappa shape index (κ2) is 38.4. The third-order valence-corrected chi connectivity index (χ3v) is 17.2. The highest BCUT2D eigenvalue weighted by atomic mass is 35.6. The number of aliphatic hydroxyl groups is 1. The minimum Gasteiger partial charge on any atom is -0.454 e. The first-order valence-electron chi connectivity index (χ1n) is 33.1. The van der Waals surface area contributed by atoms with E-state index in [-0.39, 0.29) is 71.6 Å². The molecule has 0 aromatic heterocycles. The van der Waals surface area contributed by atoms with E-state index in [1.165, 1.54) is 12.1 Å². The number of esters is 1. The number of aliphatic hydroxyl groups excluding tert-OH is 1. The van der Waals surface area contributed by atoms with Crippen LogP contribution in [0.5, 0.6) is 0 Å². The number of nitrogens with one attached hydrogen (secondary N) is 1. The number of carbonyl (C=O) groups excluding carboxylic acids is 2. The maximum Gasteiger partial charge on any atom is 0.407 e. The molecule has 24 heteroatoms. The lowest BCUT2D eigenvalue weighted by molar-refractivity contribution is -0.391. The van der Waals surface area contributed by atoms with Crippen LogP contribution in [-0.4, -0.2) is 139 Å². The fourth-order valence-corrected chi connectivity index (χ4v) is 12.1. The van der Waals surface area contributed by atoms with Crippen molar-refractivity contribution >= 4 is 46.9 Å². The molecule has 2 N–H and O–H groups in total. The number of carbonyl (C=O) groups is 2. The maximum absolute atomic E-state index is 14.8. The number of halogens is 3. The molecule has 15 atom stereocenters. The van der Waals surface area contributed by atoms with Gasteiger partial charge in [0.25, 0.3) is 0 Å². The fraction of sp³-hybridized carbons (Fsp3) is 0.351. The lowest BCUT2D eigenvalue weighted by Gasteiger charge is -2.51. The number of azide groups is 1. The molecule has 530 valence electrons. The van der Waals surface area contributed by atoms with E-state index in [0.29, 0.717) is 0 Å². The van der Waals surface area contributed by atoms with Gasteiger partial charge in [0.2, 0.25) is 3.79 Å². The van der Waals surface area contributed by atoms with E-state index in [1.54, 1.807) is 18.2 Å². The molecule has 101 heavy (non-hydrogen) atoms. The summed E-state index contributed by atoms with van der Waals surface area (Å²) in [7, 11) is 0. The molecular formula is C77H79Cl3N4O17. The molecular weight excluding hydrogens is 1360 g/mol. The summed E-state index contributed by atoms with van der Waals surface area (Å²) < 4.78 is 93.5. The number of alkyl halides is 3. The van der Waals surface area contributed by atoms with E-state index in [4.69, 9.17) is 101 Å². The van der Waals surface area contributed by atoms with Crippen molar-refractivity contribution in [2.45, 2.75) is 142 Å². The van der Waals surface area contributed by atoms with Crippen LogP contribution in [0, 0.1) is 0 Å². The van der Waals surface area contributed by atoms with E-state index in [1.807, 2.05) is 212 Å². The SMILES string of the molecule is [N-]=[N+]=N[C@@H]1O[C@H](COCc2ccccc2)[C@H](O[C@H]2O[C@H](COCc3ccccc3)[C@@H](OCc3ccccc3)[C@H](OCc3ccccc3)[C@@H]2O[C@H]2O[C@H](COCc3ccccc3)[C@@H](OCc3ccccc3)[C@H](OCc3ccccc3)[C@@H]2O)[C@H](OC(=O)c2ccccc2)[C@H]1NC(=O)OCC(Cl)(Cl)Cl. The van der Waals surface area contributed by atoms with E-state index in [2.05, 4.69) is 15.3 Å². The topological polar surface area (TPSA) is 244 Å². The minimum absolute atomic E-state index is 0.0296. The van der Waals surface area contributed by atoms with Gasteiger partial charge in [-0.2, -0.15) is 0 Å². The van der Waals surface area contributed by atoms with Crippen LogP contribution in [0.25, 0.3) is 10.4 Å². The zero-order chi connectivity index (χ0) is 70.0. The van der Waals surface area contributed by atoms with E-state index < -0.39 is 114 Å². The fourth-order valence-electron chi connectivity index (χ4n) is 11.9. The molecule has 21 nitrogen and oxygen atoms in total. The molecule has 0 unspecified atom stereocenters. The molecule has 8 aromatic carbocycles. The van der Waals surface area contributed by atoms with Crippen LogP contribution in [0.3, 0.4) is 0 Å². The highest BCUT2D eigenvalue weighted by Gasteiger charge is 2.58. The summed E-state index contributed by atoms with van der Waals surface area (Å²) in [5.41, 5.74) is 16.1. The Bertz CT molecular complexity index is 3780. The lowest BCUT2D eigenvalue weighted by Crippen LogP contribution is -2.69. The second-order valence-corrected chi connectivity index (χ2v) is 26.7. The van der Waals surface area contributed by atoms with Gasteiger partial charge < -0.3 is 76.7 Å². The van der Waals surface area contributed by atoms with Crippen molar-refractivity contribution in [1.29, 1.82) is 0 Å². The van der Waals surface area contributed by atoms with Gasteiger partial charge in [0.05, 0.1) is 71.6 Å². The lowest BCUT2D eigenvalue weighted by atomic mass is 9.94. The minimum atomic E-state index is -2.07. The van der Waals surface area contributed by atoms with Crippen molar-refractivity contribution in [3.8, 4) is 0 Å². The van der Waals surface area contributed by atoms with Crippen molar-refractivity contribution in [2.24, 2.45) is 5.11 Å². The molecule has 3 fully saturated rings. The van der Waals surface area contributed by atoms with Crippen LogP contribution < -0.4 is 5.32 Å². The Morgan fingerprint density at radius 1 is 0.436 bits per heavy atom. The number of ether oxygens (including phenoxy) is 14. The molecule has 0 spiro atoms. The molecule has 0 aliphatic carbocycles. The van der Waals surface area contributed by atoms with Crippen molar-refractivity contribution in [1.82, 2.24) is 5.32 Å². The Morgan fingerprint density at radius 3 is 1.19 bits per heavy atom. The van der Waals surface area contributed by atoms with Gasteiger partial charge in [-0.25, -0.2) is 9.59 Å². The molecule has 3 aliphatic rings. The van der Waals surface area contributed by atoms with Gasteiger partial charge >= 0.3 is 12.1 Å². The second-order valence-electron chi connectivity index (χ2n) is 24.2. The zero-order valence-corrected chi connectivity index (χ0v) is 57.3. The van der Waals surface area contributed by atoms with Gasteiger partial charge in [-0.1, -0.05) is 270 Å². The molecule has 0 saturated carbocycles. The monoisotopic (exact) mass is 1440 g/mol. The normalized spacial score (nSPS) is 25.1. The van der Waals surface area contributed by atoms with Gasteiger partial charge in [-0.15, -0.1) is 0 Å². The summed E-state index contributed by atoms with van der Waals surface area (Å²) in [5.74, 6) is -0.899. The molecule has 0 radical (unpaired) electrons. The van der Waals surface area contributed by atoms with Crippen LogP contribution in [0.1, 0.15) is 49.3 Å². The van der Waals surface area contributed by atoms with Crippen LogP contribution in [0.15, 0.2) is 248 Å². The Labute approximate surface area is 601 Å². The Kier molecular flexibility index (Phi) is 28.3. The van der Waals surface area contributed by atoms with E-state index in [9.17, 15) is 20.2 Å². The number of hydrogen-bond acceptors (Lipinski definition) is 18. The number of alkyl carbamates (subject to hydrolysis) is 1. The number of hydrogen-bond donors (Lipinski definition) is 2. The predicted octanol–water partition coefficient (Wildman–Crippen LogP) is 13.3. The summed E-state index contributed by atoms with van der Waals surface area (Å²) in [6.07, 6.45) is -20.9. The van der Waals surface area contributed by atoms with Crippen molar-refractivity contribution in [3.63, 3.8) is 0 Å². The number of rotatable bonds is 33. The molecule has 11 rings (SSSR count). The molecule has 3 saturated heterocycles. The highest BCUT2D eigenvalue weighted by molar-refractivity contribution is 6.67. The van der Waals surface area contributed by atoms with Crippen molar-refractivity contribution < 1.29 is 81.0 Å². The molecule has 8 aromatic rings.